The van der Waals surface area contributed by atoms with Crippen LogP contribution in [-0.2, 0) is 19.6 Å². The molecule has 2 N–H and O–H groups in total. The van der Waals surface area contributed by atoms with Crippen LogP contribution in [0.25, 0.3) is 0 Å². The van der Waals surface area contributed by atoms with Crippen LogP contribution in [0.1, 0.15) is 19.3 Å². The zero-order valence-electron chi connectivity index (χ0n) is 18.8. The molecule has 0 radical (unpaired) electrons. The summed E-state index contributed by atoms with van der Waals surface area (Å²) in [5.74, 6) is -0.932. The van der Waals surface area contributed by atoms with Crippen LogP contribution in [0.3, 0.4) is 0 Å². The van der Waals surface area contributed by atoms with Gasteiger partial charge in [0.05, 0.1) is 16.8 Å². The van der Waals surface area contributed by atoms with E-state index in [0.29, 0.717) is 12.5 Å². The summed E-state index contributed by atoms with van der Waals surface area (Å²) in [6.45, 7) is 2.28. The summed E-state index contributed by atoms with van der Waals surface area (Å²) in [5.41, 5.74) is 0.285. The Labute approximate surface area is 207 Å². The van der Waals surface area contributed by atoms with Crippen molar-refractivity contribution in [2.75, 3.05) is 37.2 Å². The average molecular weight is 532 g/mol. The molecule has 1 aromatic heterocycles. The van der Waals surface area contributed by atoms with Crippen molar-refractivity contribution >= 4 is 50.3 Å². The van der Waals surface area contributed by atoms with Gasteiger partial charge in [0.1, 0.15) is 16.8 Å². The fraction of sp³-hybridized carbons (Fsp3) is 0.524. The van der Waals surface area contributed by atoms with Crippen LogP contribution in [-0.4, -0.2) is 81.1 Å². The van der Waals surface area contributed by atoms with Gasteiger partial charge in [0, 0.05) is 36.8 Å². The van der Waals surface area contributed by atoms with Crippen molar-refractivity contribution in [1.82, 2.24) is 14.8 Å². The molecule has 13 heteroatoms. The molecule has 1 aliphatic carbocycles. The van der Waals surface area contributed by atoms with Crippen molar-refractivity contribution < 1.29 is 22.3 Å². The van der Waals surface area contributed by atoms with Gasteiger partial charge in [0.2, 0.25) is 0 Å². The molecule has 1 unspecified atom stereocenters. The number of likely N-dealkylation sites (tertiary alicyclic amines) is 1. The number of hydrogen-bond donors (Lipinski definition) is 2. The molecule has 2 fully saturated rings. The molecule has 4 rings (SSSR count). The van der Waals surface area contributed by atoms with Gasteiger partial charge in [0.15, 0.2) is 5.13 Å². The number of nitrogens with one attached hydrogen (secondary N) is 2. The van der Waals surface area contributed by atoms with Gasteiger partial charge >= 0.3 is 0 Å². The Morgan fingerprint density at radius 3 is 2.76 bits per heavy atom. The predicted octanol–water partition coefficient (Wildman–Crippen LogP) is 2.86. The van der Waals surface area contributed by atoms with Gasteiger partial charge in [-0.1, -0.05) is 11.6 Å². The predicted molar refractivity (Wildman–Crippen MR) is 129 cm³/mol. The van der Waals surface area contributed by atoms with E-state index in [1.54, 1.807) is 5.38 Å². The summed E-state index contributed by atoms with van der Waals surface area (Å²) in [4.78, 5) is 18.9. The van der Waals surface area contributed by atoms with E-state index in [2.05, 4.69) is 24.8 Å². The molecule has 186 valence electrons. The van der Waals surface area contributed by atoms with Gasteiger partial charge in [-0.05, 0) is 45.5 Å². The van der Waals surface area contributed by atoms with E-state index >= 15 is 0 Å². The number of benzene rings is 1. The quantitative estimate of drug-likeness (QED) is 0.476. The highest BCUT2D eigenvalue weighted by Crippen LogP contribution is 2.34. The van der Waals surface area contributed by atoms with Crippen molar-refractivity contribution in [2.45, 2.75) is 48.4 Å². The van der Waals surface area contributed by atoms with Gasteiger partial charge in [-0.3, -0.25) is 14.4 Å². The topological polar surface area (TPSA) is 104 Å². The lowest BCUT2D eigenvalue weighted by molar-refractivity contribution is -0.140. The fourth-order valence-electron chi connectivity index (χ4n) is 4.72. The summed E-state index contributed by atoms with van der Waals surface area (Å²) in [7, 11) is -0.151. The van der Waals surface area contributed by atoms with E-state index < -0.39 is 20.7 Å². The monoisotopic (exact) mass is 531 g/mol. The highest BCUT2D eigenvalue weighted by Gasteiger charge is 2.42. The van der Waals surface area contributed by atoms with Crippen LogP contribution in [0.2, 0.25) is 5.02 Å². The second-order valence-electron chi connectivity index (χ2n) is 8.69. The molecular weight excluding hydrogens is 505 g/mol. The minimum Gasteiger partial charge on any atom is -0.463 e. The number of aromatic nitrogens is 1. The largest absolute Gasteiger partial charge is 0.463 e. The Hall–Kier alpha value is -1.99. The van der Waals surface area contributed by atoms with Crippen LogP contribution in [0.4, 0.5) is 15.2 Å². The summed E-state index contributed by atoms with van der Waals surface area (Å²) in [6, 6.07) is 2.18. The molecular formula is C21H27ClFN5O4S2. The molecule has 2 aliphatic rings. The molecule has 0 amide bonds. The third-order valence-electron chi connectivity index (χ3n) is 6.42. The Balaban J connectivity index is 1.57. The van der Waals surface area contributed by atoms with Crippen LogP contribution in [0.5, 0.6) is 0 Å². The van der Waals surface area contributed by atoms with Crippen LogP contribution < -0.4 is 10.0 Å². The highest BCUT2D eigenvalue weighted by molar-refractivity contribution is 7.93. The first kappa shape index (κ1) is 25.1. The number of likely N-dealkylation sites (N-methyl/N-ethyl adjacent to an activating group) is 2. The van der Waals surface area contributed by atoms with Gasteiger partial charge in [-0.2, -0.15) is 0 Å². The fourth-order valence-corrected chi connectivity index (χ4v) is 6.88. The van der Waals surface area contributed by atoms with Crippen LogP contribution in [0, 0.1) is 5.82 Å². The molecule has 1 aliphatic heterocycles. The van der Waals surface area contributed by atoms with Gasteiger partial charge in [0.25, 0.3) is 16.5 Å². The number of sulfonamides is 1. The minimum atomic E-state index is -4.20. The van der Waals surface area contributed by atoms with Gasteiger partial charge in [-0.15, -0.1) is 11.3 Å². The number of anilines is 2. The van der Waals surface area contributed by atoms with Crippen LogP contribution >= 0.6 is 22.9 Å². The third-order valence-corrected chi connectivity index (χ3v) is 8.91. The zero-order valence-corrected chi connectivity index (χ0v) is 21.2. The molecule has 1 aromatic carbocycles. The maximum Gasteiger partial charge on any atom is 0.293 e. The van der Waals surface area contributed by atoms with E-state index in [-0.39, 0.29) is 34.0 Å². The summed E-state index contributed by atoms with van der Waals surface area (Å²) in [5, 5.41) is 5.11. The Kier molecular flexibility index (Phi) is 7.63. The minimum absolute atomic E-state index is 0.0733. The molecule has 3 atom stereocenters. The van der Waals surface area contributed by atoms with Gasteiger partial charge in [-0.25, -0.2) is 17.8 Å². The van der Waals surface area contributed by atoms with Gasteiger partial charge < -0.3 is 15.0 Å². The Bertz CT molecular complexity index is 1110. The first-order valence-corrected chi connectivity index (χ1v) is 13.6. The van der Waals surface area contributed by atoms with Crippen molar-refractivity contribution in [1.29, 1.82) is 0 Å². The van der Waals surface area contributed by atoms with Crippen molar-refractivity contribution in [3.63, 3.8) is 0 Å². The lowest BCUT2D eigenvalue weighted by Gasteiger charge is -2.50. The summed E-state index contributed by atoms with van der Waals surface area (Å²) >= 11 is 7.49. The number of rotatable bonds is 9. The first-order chi connectivity index (χ1) is 16.2. The number of nitrogens with zero attached hydrogens (tertiary/aromatic N) is 3. The zero-order chi connectivity index (χ0) is 24.5. The second kappa shape index (κ2) is 10.3. The van der Waals surface area contributed by atoms with Crippen molar-refractivity contribution in [3.05, 3.63) is 34.5 Å². The maximum absolute atomic E-state index is 15.0. The number of hydrogen-bond acceptors (Lipinski definition) is 9. The third kappa shape index (κ3) is 5.30. The van der Waals surface area contributed by atoms with E-state index in [1.807, 2.05) is 14.1 Å². The number of thiazole rings is 1. The molecule has 2 heterocycles. The first-order valence-electron chi connectivity index (χ1n) is 10.9. The number of carbonyl (C=O) groups is 1. The lowest BCUT2D eigenvalue weighted by Crippen LogP contribution is -2.65. The molecule has 1 saturated heterocycles. The summed E-state index contributed by atoms with van der Waals surface area (Å²) < 4.78 is 47.9. The molecule has 2 aromatic rings. The van der Waals surface area contributed by atoms with Crippen molar-refractivity contribution in [3.8, 4) is 0 Å². The molecule has 0 spiro atoms. The normalized spacial score (nSPS) is 24.0. The highest BCUT2D eigenvalue weighted by atomic mass is 35.5. The molecule has 34 heavy (non-hydrogen) atoms. The standard InChI is InChI=1S/C21H27ClFN5O4S2/c1-27-10-13(11-27)28(2)20-16(4-3-5-18(20)32-12-29)25-17-9-15(23)19(8-14(17)22)34(30,31)26-21-24-6-7-33-21/h6-9,12-13,16,18,20,25H,3-5,10-11H2,1-2H3,(H,24,26)/t16-,18?,20+/m0/s1. The van der Waals surface area contributed by atoms with E-state index in [1.165, 1.54) is 6.20 Å². The number of halogens is 2. The van der Waals surface area contributed by atoms with Crippen molar-refractivity contribution in [2.24, 2.45) is 0 Å². The number of carbonyl (C=O) groups excluding carboxylic acids is 1. The molecule has 9 nitrogen and oxygen atoms in total. The number of ether oxygens (including phenoxy) is 1. The smallest absolute Gasteiger partial charge is 0.293 e. The Morgan fingerprint density at radius 1 is 1.35 bits per heavy atom. The average Bonchev–Trinajstić information content (AvgIpc) is 3.26. The molecule has 1 saturated carbocycles. The Morgan fingerprint density at radius 2 is 2.12 bits per heavy atom. The maximum atomic E-state index is 15.0. The van der Waals surface area contributed by atoms with E-state index in [4.69, 9.17) is 16.3 Å². The van der Waals surface area contributed by atoms with E-state index in [0.717, 1.165) is 55.8 Å². The molecule has 0 bridgehead atoms. The van der Waals surface area contributed by atoms with E-state index in [9.17, 15) is 17.6 Å². The second-order valence-corrected chi connectivity index (χ2v) is 11.6. The lowest BCUT2D eigenvalue weighted by atomic mass is 9.85. The van der Waals surface area contributed by atoms with Crippen LogP contribution in [0.15, 0.2) is 28.6 Å². The summed E-state index contributed by atoms with van der Waals surface area (Å²) in [6.07, 6.45) is 3.44. The SMILES string of the molecule is CN1CC(N(C)[C@H]2C(OC=O)CCC[C@@H]2Nc2cc(F)c(S(=O)(=O)Nc3nccs3)cc2Cl)C1.